The molecule has 0 atom stereocenters. The van der Waals surface area contributed by atoms with Crippen molar-refractivity contribution in [2.45, 2.75) is 17.1 Å². The molecular formula is C19H16F3N3O4S. The molecular weight excluding hydrogens is 423 g/mol. The fourth-order valence-corrected chi connectivity index (χ4v) is 4.94. The molecule has 2 aromatic carbocycles. The Kier molecular flexibility index (Phi) is 4.82. The second kappa shape index (κ2) is 7.10. The third-order valence-corrected chi connectivity index (χ3v) is 6.93. The van der Waals surface area contributed by atoms with Gasteiger partial charge in [-0.25, -0.2) is 13.2 Å². The summed E-state index contributed by atoms with van der Waals surface area (Å²) >= 11 is 0. The average molecular weight is 439 g/mol. The lowest BCUT2D eigenvalue weighted by Gasteiger charge is -2.41. The summed E-state index contributed by atoms with van der Waals surface area (Å²) in [5.41, 5.74) is -0.0268. The van der Waals surface area contributed by atoms with Gasteiger partial charge in [-0.1, -0.05) is 24.3 Å². The molecule has 0 aromatic heterocycles. The number of alkyl halides is 3. The van der Waals surface area contributed by atoms with Gasteiger partial charge in [0.25, 0.3) is 0 Å². The number of imide groups is 1. The molecule has 2 heterocycles. The monoisotopic (exact) mass is 439 g/mol. The largest absolute Gasteiger partial charge is 0.416 e. The van der Waals surface area contributed by atoms with Gasteiger partial charge >= 0.3 is 12.2 Å². The second-order valence-corrected chi connectivity index (χ2v) is 8.94. The number of rotatable bonds is 4. The molecule has 0 spiro atoms. The molecule has 158 valence electrons. The molecule has 0 radical (unpaired) electrons. The highest BCUT2D eigenvalue weighted by atomic mass is 32.2. The molecule has 2 aliphatic heterocycles. The number of hydrogen-bond donors (Lipinski definition) is 1. The van der Waals surface area contributed by atoms with Crippen molar-refractivity contribution in [2.24, 2.45) is 0 Å². The Bertz CT molecular complexity index is 1090. The van der Waals surface area contributed by atoms with Gasteiger partial charge in [0.1, 0.15) is 0 Å². The van der Waals surface area contributed by atoms with Crippen molar-refractivity contribution in [3.05, 3.63) is 54.1 Å². The van der Waals surface area contributed by atoms with Crippen molar-refractivity contribution < 1.29 is 31.2 Å². The smallest absolute Gasteiger partial charge is 0.329 e. The number of nitrogens with zero attached hydrogens (tertiary/aromatic N) is 2. The first-order valence-corrected chi connectivity index (χ1v) is 10.4. The minimum atomic E-state index is -4.47. The molecule has 4 rings (SSSR count). The summed E-state index contributed by atoms with van der Waals surface area (Å²) in [5, 5.41) is 2.39. The second-order valence-electron chi connectivity index (χ2n) is 7.00. The molecule has 1 N–H and O–H groups in total. The number of nitrogens with one attached hydrogen (secondary N) is 1. The van der Waals surface area contributed by atoms with E-state index in [0.717, 1.165) is 21.3 Å². The van der Waals surface area contributed by atoms with Crippen molar-refractivity contribution in [2.75, 3.05) is 19.6 Å². The molecule has 30 heavy (non-hydrogen) atoms. The van der Waals surface area contributed by atoms with Gasteiger partial charge in [-0.05, 0) is 35.4 Å². The van der Waals surface area contributed by atoms with E-state index < -0.39 is 39.7 Å². The summed E-state index contributed by atoms with van der Waals surface area (Å²) in [5.74, 6) is -0.396. The van der Waals surface area contributed by atoms with Crippen molar-refractivity contribution in [1.82, 2.24) is 14.5 Å². The SMILES string of the molecule is O=C1CNC(=O)N1C1CN(S(=O)(=O)c2ccc(-c3cccc(C(F)(F)F)c3)cc2)C1. The molecule has 0 bridgehead atoms. The third-order valence-electron chi connectivity index (χ3n) is 5.09. The van der Waals surface area contributed by atoms with Gasteiger partial charge in [-0.2, -0.15) is 17.5 Å². The van der Waals surface area contributed by atoms with E-state index in [0.29, 0.717) is 11.1 Å². The summed E-state index contributed by atoms with van der Waals surface area (Å²) in [6.45, 7) is -0.104. The zero-order valence-electron chi connectivity index (χ0n) is 15.4. The number of halogens is 3. The maximum atomic E-state index is 12.9. The predicted octanol–water partition coefficient (Wildman–Crippen LogP) is 2.30. The zero-order valence-corrected chi connectivity index (χ0v) is 16.2. The van der Waals surface area contributed by atoms with Gasteiger partial charge in [0.15, 0.2) is 0 Å². The zero-order chi connectivity index (χ0) is 21.7. The van der Waals surface area contributed by atoms with Crippen molar-refractivity contribution >= 4 is 22.0 Å². The normalized spacial score (nSPS) is 18.4. The number of amides is 3. The number of urea groups is 1. The predicted molar refractivity (Wildman–Crippen MR) is 99.7 cm³/mol. The molecule has 2 aromatic rings. The minimum Gasteiger partial charge on any atom is -0.329 e. The van der Waals surface area contributed by atoms with Crippen LogP contribution >= 0.6 is 0 Å². The Hall–Kier alpha value is -2.92. The Morgan fingerprint density at radius 1 is 0.967 bits per heavy atom. The Labute approximate surface area is 170 Å². The van der Waals surface area contributed by atoms with E-state index in [9.17, 15) is 31.2 Å². The van der Waals surface area contributed by atoms with Crippen LogP contribution in [-0.4, -0.2) is 55.2 Å². The maximum absolute atomic E-state index is 12.9. The lowest BCUT2D eigenvalue weighted by Crippen LogP contribution is -2.62. The summed E-state index contributed by atoms with van der Waals surface area (Å²) in [6.07, 6.45) is -4.47. The van der Waals surface area contributed by atoms with E-state index >= 15 is 0 Å². The fraction of sp³-hybridized carbons (Fsp3) is 0.263. The maximum Gasteiger partial charge on any atom is 0.416 e. The molecule has 2 fully saturated rings. The first-order chi connectivity index (χ1) is 14.1. The van der Waals surface area contributed by atoms with Crippen LogP contribution in [0, 0.1) is 0 Å². The van der Waals surface area contributed by atoms with Crippen molar-refractivity contribution in [3.8, 4) is 11.1 Å². The molecule has 0 saturated carbocycles. The lowest BCUT2D eigenvalue weighted by molar-refractivity contribution is -0.137. The van der Waals surface area contributed by atoms with Crippen LogP contribution in [-0.2, 0) is 21.0 Å². The first kappa shape index (κ1) is 20.4. The van der Waals surface area contributed by atoms with Gasteiger partial charge in [0, 0.05) is 13.1 Å². The van der Waals surface area contributed by atoms with Crippen LogP contribution in [0.15, 0.2) is 53.4 Å². The van der Waals surface area contributed by atoms with Crippen LogP contribution in [0.25, 0.3) is 11.1 Å². The highest BCUT2D eigenvalue weighted by Crippen LogP contribution is 2.33. The number of sulfonamides is 1. The molecule has 0 unspecified atom stereocenters. The van der Waals surface area contributed by atoms with Crippen LogP contribution in [0.3, 0.4) is 0 Å². The number of carbonyl (C=O) groups excluding carboxylic acids is 2. The molecule has 11 heteroatoms. The van der Waals surface area contributed by atoms with E-state index in [4.69, 9.17) is 0 Å². The number of benzene rings is 2. The van der Waals surface area contributed by atoms with Gasteiger partial charge < -0.3 is 5.32 Å². The Morgan fingerprint density at radius 2 is 1.63 bits per heavy atom. The highest BCUT2D eigenvalue weighted by molar-refractivity contribution is 7.89. The summed E-state index contributed by atoms with van der Waals surface area (Å²) in [7, 11) is -3.85. The number of carbonyl (C=O) groups is 2. The van der Waals surface area contributed by atoms with Crippen LogP contribution in [0.2, 0.25) is 0 Å². The van der Waals surface area contributed by atoms with E-state index in [-0.39, 0.29) is 24.5 Å². The van der Waals surface area contributed by atoms with E-state index in [2.05, 4.69) is 5.32 Å². The topological polar surface area (TPSA) is 86.8 Å². The standard InChI is InChI=1S/C19H16F3N3O4S/c20-19(21,22)14-3-1-2-13(8-14)12-4-6-16(7-5-12)30(28,29)24-10-15(11-24)25-17(26)9-23-18(25)27/h1-8,15H,9-11H2,(H,23,27). The summed E-state index contributed by atoms with van der Waals surface area (Å²) in [6, 6.07) is 9.25. The Morgan fingerprint density at radius 3 is 2.20 bits per heavy atom. The van der Waals surface area contributed by atoms with Gasteiger partial charge in [-0.15, -0.1) is 0 Å². The van der Waals surface area contributed by atoms with E-state index in [1.165, 1.54) is 36.4 Å². The highest BCUT2D eigenvalue weighted by Gasteiger charge is 2.45. The molecule has 3 amide bonds. The summed E-state index contributed by atoms with van der Waals surface area (Å²) < 4.78 is 65.3. The Balaban J connectivity index is 1.49. The summed E-state index contributed by atoms with van der Waals surface area (Å²) in [4.78, 5) is 24.4. The van der Waals surface area contributed by atoms with Crippen LogP contribution in [0.4, 0.5) is 18.0 Å². The third kappa shape index (κ3) is 3.54. The van der Waals surface area contributed by atoms with Gasteiger partial charge in [-0.3, -0.25) is 9.69 Å². The molecule has 2 saturated heterocycles. The lowest BCUT2D eigenvalue weighted by atomic mass is 10.0. The molecule has 2 aliphatic rings. The van der Waals surface area contributed by atoms with Gasteiger partial charge in [0.2, 0.25) is 15.9 Å². The van der Waals surface area contributed by atoms with E-state index in [1.54, 1.807) is 0 Å². The average Bonchev–Trinajstić information content (AvgIpc) is 2.99. The molecule has 7 nitrogen and oxygen atoms in total. The van der Waals surface area contributed by atoms with Crippen LogP contribution in [0.1, 0.15) is 5.56 Å². The van der Waals surface area contributed by atoms with Gasteiger partial charge in [0.05, 0.1) is 23.0 Å². The van der Waals surface area contributed by atoms with Crippen molar-refractivity contribution in [1.29, 1.82) is 0 Å². The molecule has 0 aliphatic carbocycles. The van der Waals surface area contributed by atoms with E-state index in [1.807, 2.05) is 0 Å². The number of hydrogen-bond acceptors (Lipinski definition) is 4. The minimum absolute atomic E-state index is 0.00310. The van der Waals surface area contributed by atoms with Crippen molar-refractivity contribution in [3.63, 3.8) is 0 Å². The van der Waals surface area contributed by atoms with Crippen LogP contribution < -0.4 is 5.32 Å². The quantitative estimate of drug-likeness (QED) is 0.741. The first-order valence-electron chi connectivity index (χ1n) is 8.95. The fourth-order valence-electron chi connectivity index (χ4n) is 3.42. The van der Waals surface area contributed by atoms with Crippen LogP contribution in [0.5, 0.6) is 0 Å².